The van der Waals surface area contributed by atoms with Gasteiger partial charge in [0.05, 0.1) is 28.6 Å². The average Bonchev–Trinajstić information content (AvgIpc) is 2.80. The van der Waals surface area contributed by atoms with E-state index in [1.807, 2.05) is 13.1 Å². The highest BCUT2D eigenvalue weighted by Gasteiger charge is 2.34. The van der Waals surface area contributed by atoms with Crippen LogP contribution in [-0.4, -0.2) is 13.2 Å². The minimum Gasteiger partial charge on any atom is -0.351 e. The Balaban J connectivity index is 2.29. The van der Waals surface area contributed by atoms with Crippen LogP contribution in [0.2, 0.25) is 0 Å². The molecule has 0 radical (unpaired) electrons. The summed E-state index contributed by atoms with van der Waals surface area (Å²) in [7, 11) is 1.99. The number of aryl methyl sites for hydroxylation is 2. The predicted molar refractivity (Wildman–Crippen MR) is 91.8 cm³/mol. The van der Waals surface area contributed by atoms with Crippen molar-refractivity contribution in [1.82, 2.24) is 0 Å². The Morgan fingerprint density at radius 2 is 1.74 bits per heavy atom. The van der Waals surface area contributed by atoms with Crippen molar-refractivity contribution in [2.24, 2.45) is 0 Å². The summed E-state index contributed by atoms with van der Waals surface area (Å²) in [6.45, 7) is 6.26. The SMILES string of the molecule is Cc1ccc(C)c(N2c3cc(C#N)cc(C#N)c3N(C)[C@@H]2C)c1. The normalized spacial score (nSPS) is 16.0. The summed E-state index contributed by atoms with van der Waals surface area (Å²) in [6.07, 6.45) is 0.0755. The van der Waals surface area contributed by atoms with Crippen molar-refractivity contribution in [2.45, 2.75) is 26.9 Å². The van der Waals surface area contributed by atoms with E-state index in [-0.39, 0.29) is 6.17 Å². The van der Waals surface area contributed by atoms with Crippen LogP contribution in [0, 0.1) is 36.5 Å². The molecule has 2 aromatic carbocycles. The summed E-state index contributed by atoms with van der Waals surface area (Å²) >= 11 is 0. The van der Waals surface area contributed by atoms with Crippen LogP contribution in [0.1, 0.15) is 29.2 Å². The zero-order chi connectivity index (χ0) is 16.7. The molecule has 2 aromatic rings. The Kier molecular flexibility index (Phi) is 3.47. The molecule has 1 aliphatic rings. The van der Waals surface area contributed by atoms with Crippen LogP contribution < -0.4 is 9.80 Å². The quantitative estimate of drug-likeness (QED) is 0.799. The molecule has 0 fully saturated rings. The Bertz CT molecular complexity index is 870. The molecule has 4 heteroatoms. The summed E-state index contributed by atoms with van der Waals surface area (Å²) in [5.41, 5.74) is 6.33. The predicted octanol–water partition coefficient (Wildman–Crippen LogP) is 3.98. The standard InChI is InChI=1S/C19H18N4/c1-12-5-6-13(2)17(7-12)23-14(3)22(4)19-16(11-21)8-15(10-20)9-18(19)23/h5-9,14H,1-4H3/t14-/m0/s1. The molecule has 1 heterocycles. The van der Waals surface area contributed by atoms with Crippen LogP contribution in [0.25, 0.3) is 0 Å². The smallest absolute Gasteiger partial charge is 0.103 e. The maximum Gasteiger partial charge on any atom is 0.103 e. The van der Waals surface area contributed by atoms with Gasteiger partial charge >= 0.3 is 0 Å². The van der Waals surface area contributed by atoms with Crippen molar-refractivity contribution in [3.63, 3.8) is 0 Å². The average molecular weight is 302 g/mol. The second-order valence-electron chi connectivity index (χ2n) is 6.02. The number of hydrogen-bond donors (Lipinski definition) is 0. The fourth-order valence-electron chi connectivity index (χ4n) is 3.19. The number of hydrogen-bond acceptors (Lipinski definition) is 4. The molecule has 4 nitrogen and oxygen atoms in total. The van der Waals surface area contributed by atoms with Gasteiger partial charge in [0.15, 0.2) is 0 Å². The minimum atomic E-state index is 0.0755. The second kappa shape index (κ2) is 5.34. The number of fused-ring (bicyclic) bond motifs is 1. The van der Waals surface area contributed by atoms with Crippen molar-refractivity contribution in [2.75, 3.05) is 16.8 Å². The summed E-state index contributed by atoms with van der Waals surface area (Å²) in [5.74, 6) is 0. The van der Waals surface area contributed by atoms with Crippen LogP contribution in [0.4, 0.5) is 17.1 Å². The molecule has 0 spiro atoms. The topological polar surface area (TPSA) is 54.1 Å². The lowest BCUT2D eigenvalue weighted by Gasteiger charge is -2.29. The summed E-state index contributed by atoms with van der Waals surface area (Å²) in [5, 5.41) is 18.8. The van der Waals surface area contributed by atoms with Crippen molar-refractivity contribution in [3.05, 3.63) is 52.6 Å². The first-order valence-corrected chi connectivity index (χ1v) is 7.55. The number of nitriles is 2. The Morgan fingerprint density at radius 3 is 2.39 bits per heavy atom. The Labute approximate surface area is 136 Å². The van der Waals surface area contributed by atoms with Gasteiger partial charge in [-0.15, -0.1) is 0 Å². The molecule has 0 unspecified atom stereocenters. The monoisotopic (exact) mass is 302 g/mol. The largest absolute Gasteiger partial charge is 0.351 e. The van der Waals surface area contributed by atoms with Gasteiger partial charge in [-0.2, -0.15) is 10.5 Å². The lowest BCUT2D eigenvalue weighted by atomic mass is 10.1. The molecule has 114 valence electrons. The maximum atomic E-state index is 9.48. The molecule has 0 aliphatic carbocycles. The fourth-order valence-corrected chi connectivity index (χ4v) is 3.19. The van der Waals surface area contributed by atoms with Gasteiger partial charge in [0.25, 0.3) is 0 Å². The first-order valence-electron chi connectivity index (χ1n) is 7.55. The molecule has 0 saturated carbocycles. The molecule has 0 aromatic heterocycles. The zero-order valence-corrected chi connectivity index (χ0v) is 13.8. The van der Waals surface area contributed by atoms with Gasteiger partial charge in [-0.05, 0) is 50.1 Å². The molecule has 23 heavy (non-hydrogen) atoms. The maximum absolute atomic E-state index is 9.48. The number of nitrogens with zero attached hydrogens (tertiary/aromatic N) is 4. The second-order valence-corrected chi connectivity index (χ2v) is 6.02. The summed E-state index contributed by atoms with van der Waals surface area (Å²) < 4.78 is 0. The summed E-state index contributed by atoms with van der Waals surface area (Å²) in [6, 6.07) is 14.3. The van der Waals surface area contributed by atoms with Gasteiger partial charge in [0.1, 0.15) is 12.2 Å². The first-order chi connectivity index (χ1) is 11.0. The Hall–Kier alpha value is -2.98. The molecular weight excluding hydrogens is 284 g/mol. The summed E-state index contributed by atoms with van der Waals surface area (Å²) in [4.78, 5) is 4.30. The van der Waals surface area contributed by atoms with Gasteiger partial charge in [0.2, 0.25) is 0 Å². The highest BCUT2D eigenvalue weighted by atomic mass is 15.4. The highest BCUT2D eigenvalue weighted by Crippen LogP contribution is 2.46. The molecule has 3 rings (SSSR count). The molecular formula is C19H18N4. The van der Waals surface area contributed by atoms with Crippen LogP contribution in [0.3, 0.4) is 0 Å². The lowest BCUT2D eigenvalue weighted by molar-refractivity contribution is 0.732. The van der Waals surface area contributed by atoms with Crippen LogP contribution >= 0.6 is 0 Å². The molecule has 0 bridgehead atoms. The van der Waals surface area contributed by atoms with E-state index in [2.05, 4.69) is 60.9 Å². The van der Waals surface area contributed by atoms with E-state index >= 15 is 0 Å². The van der Waals surface area contributed by atoms with E-state index in [1.165, 1.54) is 11.1 Å². The fraction of sp³-hybridized carbons (Fsp3) is 0.263. The number of rotatable bonds is 1. The molecule has 0 saturated heterocycles. The van der Waals surface area contributed by atoms with E-state index in [0.29, 0.717) is 11.1 Å². The third-order valence-corrected chi connectivity index (χ3v) is 4.51. The van der Waals surface area contributed by atoms with Gasteiger partial charge in [-0.1, -0.05) is 12.1 Å². The van der Waals surface area contributed by atoms with E-state index in [0.717, 1.165) is 17.1 Å². The van der Waals surface area contributed by atoms with Crippen molar-refractivity contribution in [1.29, 1.82) is 10.5 Å². The Morgan fingerprint density at radius 1 is 1.00 bits per heavy atom. The molecule has 1 aliphatic heterocycles. The number of benzene rings is 2. The lowest BCUT2D eigenvalue weighted by Crippen LogP contribution is -2.36. The van der Waals surface area contributed by atoms with E-state index in [9.17, 15) is 10.5 Å². The van der Waals surface area contributed by atoms with Crippen LogP contribution in [-0.2, 0) is 0 Å². The van der Waals surface area contributed by atoms with Gasteiger partial charge in [-0.3, -0.25) is 0 Å². The van der Waals surface area contributed by atoms with Crippen LogP contribution in [0.5, 0.6) is 0 Å². The van der Waals surface area contributed by atoms with Gasteiger partial charge < -0.3 is 9.80 Å². The third-order valence-electron chi connectivity index (χ3n) is 4.51. The van der Waals surface area contributed by atoms with E-state index in [1.54, 1.807) is 6.07 Å². The van der Waals surface area contributed by atoms with E-state index in [4.69, 9.17) is 0 Å². The third kappa shape index (κ3) is 2.20. The molecule has 0 N–H and O–H groups in total. The zero-order valence-electron chi connectivity index (χ0n) is 13.8. The van der Waals surface area contributed by atoms with Crippen LogP contribution in [0.15, 0.2) is 30.3 Å². The van der Waals surface area contributed by atoms with Crippen molar-refractivity contribution < 1.29 is 0 Å². The van der Waals surface area contributed by atoms with Crippen molar-refractivity contribution in [3.8, 4) is 12.1 Å². The first kappa shape index (κ1) is 14.9. The minimum absolute atomic E-state index is 0.0755. The van der Waals surface area contributed by atoms with Crippen molar-refractivity contribution >= 4 is 17.1 Å². The van der Waals surface area contributed by atoms with E-state index < -0.39 is 0 Å². The molecule has 1 atom stereocenters. The van der Waals surface area contributed by atoms with Gasteiger partial charge in [-0.25, -0.2) is 0 Å². The molecule has 0 amide bonds. The highest BCUT2D eigenvalue weighted by molar-refractivity contribution is 5.89. The number of anilines is 3. The van der Waals surface area contributed by atoms with Gasteiger partial charge in [0, 0.05) is 12.7 Å².